The topological polar surface area (TPSA) is 103 Å². The van der Waals surface area contributed by atoms with Gasteiger partial charge in [0.25, 0.3) is 0 Å². The van der Waals surface area contributed by atoms with Crippen LogP contribution in [0, 0.1) is 0 Å². The van der Waals surface area contributed by atoms with E-state index in [0.717, 1.165) is 0 Å². The Hall–Kier alpha value is -2.45. The number of anilines is 1. The fraction of sp³-hybridized carbons (Fsp3) is 0.400. The molecule has 1 aromatic carbocycles. The first-order valence-electron chi connectivity index (χ1n) is 6.83. The van der Waals surface area contributed by atoms with Gasteiger partial charge in [-0.05, 0) is 18.2 Å². The monoisotopic (exact) mass is 324 g/mol. The van der Waals surface area contributed by atoms with Gasteiger partial charge in [0.05, 0.1) is 38.5 Å². The number of nitrogens with one attached hydrogen (secondary N) is 2. The summed E-state index contributed by atoms with van der Waals surface area (Å²) in [4.78, 5) is 35.1. The lowest BCUT2D eigenvalue weighted by atomic mass is 10.1. The molecule has 0 fully saturated rings. The second-order valence-corrected chi connectivity index (χ2v) is 4.50. The Morgan fingerprint density at radius 3 is 2.00 bits per heavy atom. The second-order valence-electron chi connectivity index (χ2n) is 4.50. The molecule has 1 rings (SSSR count). The lowest BCUT2D eigenvalue weighted by Crippen LogP contribution is -2.30. The summed E-state index contributed by atoms with van der Waals surface area (Å²) in [5.41, 5.74) is 0.572. The van der Waals surface area contributed by atoms with Crippen LogP contribution in [0.15, 0.2) is 18.2 Å². The van der Waals surface area contributed by atoms with Crippen LogP contribution < -0.4 is 10.6 Å². The fourth-order valence-electron chi connectivity index (χ4n) is 1.75. The lowest BCUT2D eigenvalue weighted by Gasteiger charge is -2.10. The van der Waals surface area contributed by atoms with E-state index < -0.39 is 11.9 Å². The average Bonchev–Trinajstić information content (AvgIpc) is 2.56. The minimum atomic E-state index is -0.621. The highest BCUT2D eigenvalue weighted by Crippen LogP contribution is 2.17. The van der Waals surface area contributed by atoms with Gasteiger partial charge in [-0.3, -0.25) is 4.79 Å². The maximum absolute atomic E-state index is 11.8. The van der Waals surface area contributed by atoms with Crippen molar-refractivity contribution in [1.29, 1.82) is 0 Å². The van der Waals surface area contributed by atoms with Gasteiger partial charge in [0.2, 0.25) is 5.91 Å². The number of carbonyl (C=O) groups is 3. The van der Waals surface area contributed by atoms with Gasteiger partial charge in [0.1, 0.15) is 0 Å². The highest BCUT2D eigenvalue weighted by Gasteiger charge is 2.14. The zero-order chi connectivity index (χ0) is 17.2. The van der Waals surface area contributed by atoms with Gasteiger partial charge in [-0.15, -0.1) is 0 Å². The summed E-state index contributed by atoms with van der Waals surface area (Å²) in [6, 6.07) is 4.18. The number of rotatable bonds is 8. The number of ether oxygens (including phenoxy) is 3. The first-order chi connectivity index (χ1) is 11.0. The molecule has 126 valence electrons. The molecule has 0 atom stereocenters. The number of esters is 2. The number of amides is 1. The van der Waals surface area contributed by atoms with E-state index in [4.69, 9.17) is 4.74 Å². The van der Waals surface area contributed by atoms with Crippen LogP contribution in [-0.4, -0.2) is 58.9 Å². The van der Waals surface area contributed by atoms with Crippen molar-refractivity contribution in [3.8, 4) is 0 Å². The third-order valence-corrected chi connectivity index (χ3v) is 2.83. The maximum atomic E-state index is 11.8. The molecule has 0 aromatic heterocycles. The van der Waals surface area contributed by atoms with Crippen LogP contribution in [0.1, 0.15) is 20.7 Å². The van der Waals surface area contributed by atoms with Gasteiger partial charge < -0.3 is 24.8 Å². The molecule has 0 aliphatic carbocycles. The number of benzene rings is 1. The summed E-state index contributed by atoms with van der Waals surface area (Å²) in [5.74, 6) is -1.56. The SMILES string of the molecule is COCCNCC(=O)Nc1cc(C(=O)OC)cc(C(=O)OC)c1. The molecule has 2 N–H and O–H groups in total. The van der Waals surface area contributed by atoms with Crippen molar-refractivity contribution >= 4 is 23.5 Å². The Kier molecular flexibility index (Phi) is 7.72. The predicted octanol–water partition coefficient (Wildman–Crippen LogP) is 0.434. The molecule has 8 nitrogen and oxygen atoms in total. The zero-order valence-electron chi connectivity index (χ0n) is 13.3. The van der Waals surface area contributed by atoms with Crippen LogP contribution in [0.4, 0.5) is 5.69 Å². The molecule has 23 heavy (non-hydrogen) atoms. The van der Waals surface area contributed by atoms with E-state index in [1.165, 1.54) is 32.4 Å². The van der Waals surface area contributed by atoms with Crippen LogP contribution in [0.25, 0.3) is 0 Å². The van der Waals surface area contributed by atoms with Crippen molar-refractivity contribution in [2.24, 2.45) is 0 Å². The minimum absolute atomic E-state index is 0.0688. The summed E-state index contributed by atoms with van der Waals surface area (Å²) in [6.07, 6.45) is 0. The van der Waals surface area contributed by atoms with E-state index in [2.05, 4.69) is 20.1 Å². The second kappa shape index (κ2) is 9.54. The standard InChI is InChI=1S/C15H20N2O6/c1-21-5-4-16-9-13(18)17-12-7-10(14(19)22-2)6-11(8-12)15(20)23-3/h6-8,16H,4-5,9H2,1-3H3,(H,17,18). The first kappa shape index (κ1) is 18.6. The molecule has 0 aliphatic rings. The number of hydrogen-bond donors (Lipinski definition) is 2. The van der Waals surface area contributed by atoms with Crippen molar-refractivity contribution in [2.45, 2.75) is 0 Å². The third-order valence-electron chi connectivity index (χ3n) is 2.83. The summed E-state index contributed by atoms with van der Waals surface area (Å²) < 4.78 is 14.1. The molecule has 8 heteroatoms. The van der Waals surface area contributed by atoms with Gasteiger partial charge >= 0.3 is 11.9 Å². The molecule has 0 saturated heterocycles. The van der Waals surface area contributed by atoms with E-state index in [0.29, 0.717) is 18.8 Å². The Morgan fingerprint density at radius 2 is 1.52 bits per heavy atom. The van der Waals surface area contributed by atoms with Gasteiger partial charge in [0.15, 0.2) is 0 Å². The Labute approximate surface area is 134 Å². The van der Waals surface area contributed by atoms with Crippen LogP contribution in [0.5, 0.6) is 0 Å². The number of methoxy groups -OCH3 is 3. The number of carbonyl (C=O) groups excluding carboxylic acids is 3. The number of hydrogen-bond acceptors (Lipinski definition) is 7. The minimum Gasteiger partial charge on any atom is -0.465 e. The van der Waals surface area contributed by atoms with Crippen molar-refractivity contribution in [2.75, 3.05) is 46.3 Å². The molecule has 0 aliphatic heterocycles. The normalized spacial score (nSPS) is 10.0. The summed E-state index contributed by atoms with van der Waals surface area (Å²) in [7, 11) is 4.02. The van der Waals surface area contributed by atoms with E-state index in [1.807, 2.05) is 0 Å². The molecule has 1 aromatic rings. The summed E-state index contributed by atoms with van der Waals surface area (Å²) >= 11 is 0. The van der Waals surface area contributed by atoms with Gasteiger partial charge in [-0.25, -0.2) is 9.59 Å². The van der Waals surface area contributed by atoms with Crippen LogP contribution in [0.3, 0.4) is 0 Å². The van der Waals surface area contributed by atoms with Crippen LogP contribution in [-0.2, 0) is 19.0 Å². The average molecular weight is 324 g/mol. The fourth-order valence-corrected chi connectivity index (χ4v) is 1.75. The zero-order valence-corrected chi connectivity index (χ0v) is 13.3. The molecule has 1 amide bonds. The van der Waals surface area contributed by atoms with Crippen molar-refractivity contribution in [3.05, 3.63) is 29.3 Å². The highest BCUT2D eigenvalue weighted by molar-refractivity contribution is 5.99. The molecule has 0 unspecified atom stereocenters. The lowest BCUT2D eigenvalue weighted by molar-refractivity contribution is -0.115. The molecule has 0 radical (unpaired) electrons. The van der Waals surface area contributed by atoms with E-state index >= 15 is 0 Å². The van der Waals surface area contributed by atoms with Crippen LogP contribution >= 0.6 is 0 Å². The molecule has 0 spiro atoms. The van der Waals surface area contributed by atoms with Gasteiger partial charge in [-0.2, -0.15) is 0 Å². The molecular formula is C15H20N2O6. The van der Waals surface area contributed by atoms with Crippen molar-refractivity contribution in [3.63, 3.8) is 0 Å². The van der Waals surface area contributed by atoms with Crippen molar-refractivity contribution in [1.82, 2.24) is 5.32 Å². The maximum Gasteiger partial charge on any atom is 0.337 e. The molecule has 0 saturated carbocycles. The van der Waals surface area contributed by atoms with Crippen molar-refractivity contribution < 1.29 is 28.6 Å². The summed E-state index contributed by atoms with van der Waals surface area (Å²) in [5, 5.41) is 5.48. The molecule has 0 bridgehead atoms. The van der Waals surface area contributed by atoms with E-state index in [-0.39, 0.29) is 23.6 Å². The van der Waals surface area contributed by atoms with Gasteiger partial charge in [0, 0.05) is 19.3 Å². The van der Waals surface area contributed by atoms with E-state index in [9.17, 15) is 14.4 Å². The van der Waals surface area contributed by atoms with E-state index in [1.54, 1.807) is 7.11 Å². The smallest absolute Gasteiger partial charge is 0.337 e. The summed E-state index contributed by atoms with van der Waals surface area (Å²) in [6.45, 7) is 1.08. The highest BCUT2D eigenvalue weighted by atomic mass is 16.5. The van der Waals surface area contributed by atoms with Gasteiger partial charge in [-0.1, -0.05) is 0 Å². The predicted molar refractivity (Wildman–Crippen MR) is 82.5 cm³/mol. The Morgan fingerprint density at radius 1 is 0.957 bits per heavy atom. The molecule has 0 heterocycles. The van der Waals surface area contributed by atoms with Crippen LogP contribution in [0.2, 0.25) is 0 Å². The quantitative estimate of drug-likeness (QED) is 0.528. The Balaban J connectivity index is 2.85. The third kappa shape index (κ3) is 6.05. The molecular weight excluding hydrogens is 304 g/mol. The largest absolute Gasteiger partial charge is 0.465 e. The Bertz CT molecular complexity index is 539. The first-order valence-corrected chi connectivity index (χ1v) is 6.83.